The molecule has 0 saturated heterocycles. The summed E-state index contributed by atoms with van der Waals surface area (Å²) in [6, 6.07) is 10.7. The molecule has 4 N–H and O–H groups in total. The highest BCUT2D eigenvalue weighted by Crippen LogP contribution is 2.31. The molecular weight excluding hydrogens is 385 g/mol. The molecule has 3 aromatic rings. The SMILES string of the molecule is Cc1cccc(Nc2ncnc(Nc3ccc(Br)cc3F)c2N)c1C. The lowest BCUT2D eigenvalue weighted by Crippen LogP contribution is -2.06. The van der Waals surface area contributed by atoms with Crippen LogP contribution in [0.5, 0.6) is 0 Å². The minimum absolute atomic E-state index is 0.284. The Kier molecular flexibility index (Phi) is 4.85. The number of halogens is 2. The number of anilines is 5. The highest BCUT2D eigenvalue weighted by molar-refractivity contribution is 9.10. The van der Waals surface area contributed by atoms with Gasteiger partial charge in [0, 0.05) is 10.2 Å². The summed E-state index contributed by atoms with van der Waals surface area (Å²) in [6.45, 7) is 4.05. The Bertz CT molecular complexity index is 929. The van der Waals surface area contributed by atoms with E-state index in [2.05, 4.69) is 36.5 Å². The summed E-state index contributed by atoms with van der Waals surface area (Å²) in [4.78, 5) is 8.31. The van der Waals surface area contributed by atoms with E-state index in [4.69, 9.17) is 5.73 Å². The zero-order valence-corrected chi connectivity index (χ0v) is 15.4. The molecule has 0 bridgehead atoms. The molecule has 5 nitrogen and oxygen atoms in total. The molecule has 128 valence electrons. The van der Waals surface area contributed by atoms with Gasteiger partial charge in [0.1, 0.15) is 17.8 Å². The van der Waals surface area contributed by atoms with Gasteiger partial charge in [0.25, 0.3) is 0 Å². The molecule has 0 fully saturated rings. The number of nitrogens with zero attached hydrogens (tertiary/aromatic N) is 2. The van der Waals surface area contributed by atoms with Crippen molar-refractivity contribution in [2.24, 2.45) is 0 Å². The third kappa shape index (κ3) is 3.71. The van der Waals surface area contributed by atoms with E-state index in [0.717, 1.165) is 16.8 Å². The van der Waals surface area contributed by atoms with Crippen molar-refractivity contribution in [2.45, 2.75) is 13.8 Å². The van der Waals surface area contributed by atoms with Crippen molar-refractivity contribution in [3.05, 3.63) is 64.1 Å². The number of nitrogens with two attached hydrogens (primary N) is 1. The van der Waals surface area contributed by atoms with Crippen molar-refractivity contribution in [3.63, 3.8) is 0 Å². The van der Waals surface area contributed by atoms with Crippen LogP contribution in [0.4, 0.5) is 33.1 Å². The molecule has 0 unspecified atom stereocenters. The molecule has 25 heavy (non-hydrogen) atoms. The van der Waals surface area contributed by atoms with Crippen LogP contribution >= 0.6 is 15.9 Å². The average molecular weight is 402 g/mol. The average Bonchev–Trinajstić information content (AvgIpc) is 2.57. The zero-order valence-electron chi connectivity index (χ0n) is 13.8. The van der Waals surface area contributed by atoms with Crippen molar-refractivity contribution in [1.82, 2.24) is 9.97 Å². The second-order valence-corrected chi connectivity index (χ2v) is 6.52. The van der Waals surface area contributed by atoms with Gasteiger partial charge >= 0.3 is 0 Å². The van der Waals surface area contributed by atoms with Gasteiger partial charge in [-0.15, -0.1) is 0 Å². The molecular formula is C18H17BrFN5. The van der Waals surface area contributed by atoms with Gasteiger partial charge in [-0.25, -0.2) is 14.4 Å². The van der Waals surface area contributed by atoms with E-state index in [1.54, 1.807) is 12.1 Å². The molecule has 0 aliphatic rings. The second-order valence-electron chi connectivity index (χ2n) is 5.61. The Hall–Kier alpha value is -2.67. The molecule has 0 atom stereocenters. The Morgan fingerprint density at radius 1 is 1.00 bits per heavy atom. The van der Waals surface area contributed by atoms with Gasteiger partial charge in [0.2, 0.25) is 0 Å². The van der Waals surface area contributed by atoms with Crippen molar-refractivity contribution >= 4 is 44.6 Å². The standard InChI is InChI=1S/C18H17BrFN5/c1-10-4-3-5-14(11(10)2)24-17-16(21)18(23-9-22-17)25-15-7-6-12(19)8-13(15)20/h3-9H,21H2,1-2H3,(H2,22,23,24,25). The normalized spacial score (nSPS) is 10.6. The summed E-state index contributed by atoms with van der Waals surface area (Å²) in [6.07, 6.45) is 1.38. The van der Waals surface area contributed by atoms with E-state index in [0.29, 0.717) is 21.8 Å². The van der Waals surface area contributed by atoms with Crippen LogP contribution in [-0.2, 0) is 0 Å². The third-order valence-electron chi connectivity index (χ3n) is 3.93. The minimum Gasteiger partial charge on any atom is -0.393 e. The van der Waals surface area contributed by atoms with Crippen LogP contribution in [-0.4, -0.2) is 9.97 Å². The Balaban J connectivity index is 1.91. The number of aromatic nitrogens is 2. The maximum absolute atomic E-state index is 14.0. The highest BCUT2D eigenvalue weighted by atomic mass is 79.9. The van der Waals surface area contributed by atoms with Gasteiger partial charge in [0.05, 0.1) is 5.69 Å². The van der Waals surface area contributed by atoms with E-state index in [1.807, 2.05) is 32.0 Å². The number of nitrogen functional groups attached to an aromatic ring is 1. The van der Waals surface area contributed by atoms with Gasteiger partial charge in [-0.2, -0.15) is 0 Å². The summed E-state index contributed by atoms with van der Waals surface area (Å²) in [5.41, 5.74) is 9.93. The third-order valence-corrected chi connectivity index (χ3v) is 4.42. The van der Waals surface area contributed by atoms with Crippen LogP contribution in [0.1, 0.15) is 11.1 Å². The molecule has 2 aromatic carbocycles. The molecule has 7 heteroatoms. The molecule has 0 amide bonds. The molecule has 1 heterocycles. The molecule has 0 aliphatic carbocycles. The molecule has 0 radical (unpaired) electrons. The number of aryl methyl sites for hydroxylation is 1. The monoisotopic (exact) mass is 401 g/mol. The Labute approximate surface area is 153 Å². The van der Waals surface area contributed by atoms with Crippen molar-refractivity contribution < 1.29 is 4.39 Å². The Morgan fingerprint density at radius 2 is 1.68 bits per heavy atom. The van der Waals surface area contributed by atoms with Crippen LogP contribution in [0.3, 0.4) is 0 Å². The first-order chi connectivity index (χ1) is 12.0. The lowest BCUT2D eigenvalue weighted by molar-refractivity contribution is 0.631. The van der Waals surface area contributed by atoms with Gasteiger partial charge < -0.3 is 16.4 Å². The molecule has 0 saturated carbocycles. The summed E-state index contributed by atoms with van der Waals surface area (Å²) in [5.74, 6) is 0.393. The smallest absolute Gasteiger partial charge is 0.159 e. The van der Waals surface area contributed by atoms with Crippen molar-refractivity contribution in [1.29, 1.82) is 0 Å². The minimum atomic E-state index is -0.406. The van der Waals surface area contributed by atoms with E-state index in [1.165, 1.54) is 12.4 Å². The lowest BCUT2D eigenvalue weighted by Gasteiger charge is -2.15. The fourth-order valence-corrected chi connectivity index (χ4v) is 2.66. The lowest BCUT2D eigenvalue weighted by atomic mass is 10.1. The van der Waals surface area contributed by atoms with Crippen LogP contribution in [0, 0.1) is 19.7 Å². The molecule has 0 spiro atoms. The Morgan fingerprint density at radius 3 is 2.36 bits per heavy atom. The number of hydrogen-bond donors (Lipinski definition) is 3. The second kappa shape index (κ2) is 7.06. The van der Waals surface area contributed by atoms with E-state index < -0.39 is 5.82 Å². The number of benzene rings is 2. The fourth-order valence-electron chi connectivity index (χ4n) is 2.33. The summed E-state index contributed by atoms with van der Waals surface area (Å²) < 4.78 is 14.7. The molecule has 0 aliphatic heterocycles. The zero-order chi connectivity index (χ0) is 18.0. The first-order valence-electron chi connectivity index (χ1n) is 7.61. The van der Waals surface area contributed by atoms with Crippen LogP contribution in [0.25, 0.3) is 0 Å². The first-order valence-corrected chi connectivity index (χ1v) is 8.41. The topological polar surface area (TPSA) is 75.9 Å². The molecule has 3 rings (SSSR count). The predicted molar refractivity (Wildman–Crippen MR) is 103 cm³/mol. The van der Waals surface area contributed by atoms with Crippen molar-refractivity contribution in [2.75, 3.05) is 16.4 Å². The summed E-state index contributed by atoms with van der Waals surface area (Å²) >= 11 is 3.23. The number of hydrogen-bond acceptors (Lipinski definition) is 5. The summed E-state index contributed by atoms with van der Waals surface area (Å²) in [5, 5.41) is 6.12. The number of rotatable bonds is 4. The van der Waals surface area contributed by atoms with Gasteiger partial charge in [0.15, 0.2) is 11.6 Å². The van der Waals surface area contributed by atoms with E-state index in [9.17, 15) is 4.39 Å². The number of nitrogens with one attached hydrogen (secondary N) is 2. The summed E-state index contributed by atoms with van der Waals surface area (Å²) in [7, 11) is 0. The quantitative estimate of drug-likeness (QED) is 0.569. The van der Waals surface area contributed by atoms with Gasteiger partial charge in [-0.05, 0) is 49.2 Å². The maximum atomic E-state index is 14.0. The van der Waals surface area contributed by atoms with Gasteiger partial charge in [-0.1, -0.05) is 28.1 Å². The molecule has 1 aromatic heterocycles. The van der Waals surface area contributed by atoms with Crippen LogP contribution < -0.4 is 16.4 Å². The first kappa shape index (κ1) is 17.2. The maximum Gasteiger partial charge on any atom is 0.159 e. The van der Waals surface area contributed by atoms with E-state index in [-0.39, 0.29) is 5.69 Å². The van der Waals surface area contributed by atoms with E-state index >= 15 is 0 Å². The van der Waals surface area contributed by atoms with Crippen LogP contribution in [0.2, 0.25) is 0 Å². The predicted octanol–water partition coefficient (Wildman–Crippen LogP) is 5.06. The largest absolute Gasteiger partial charge is 0.393 e. The van der Waals surface area contributed by atoms with Crippen molar-refractivity contribution in [3.8, 4) is 0 Å². The van der Waals surface area contributed by atoms with Gasteiger partial charge in [-0.3, -0.25) is 0 Å². The van der Waals surface area contributed by atoms with Crippen LogP contribution in [0.15, 0.2) is 47.2 Å². The highest BCUT2D eigenvalue weighted by Gasteiger charge is 2.12. The fraction of sp³-hybridized carbons (Fsp3) is 0.111.